The Morgan fingerprint density at radius 1 is 1.25 bits per heavy atom. The molecule has 0 radical (unpaired) electrons. The lowest BCUT2D eigenvalue weighted by atomic mass is 9.82. The van der Waals surface area contributed by atoms with E-state index in [1.54, 1.807) is 0 Å². The molecule has 0 aliphatic heterocycles. The summed E-state index contributed by atoms with van der Waals surface area (Å²) >= 11 is 0. The largest absolute Gasteiger partial charge is 0.348 e. The van der Waals surface area contributed by atoms with Crippen molar-refractivity contribution in [2.45, 2.75) is 39.7 Å². The van der Waals surface area contributed by atoms with Gasteiger partial charge in [0.15, 0.2) is 0 Å². The monoisotopic (exact) mass is 274 g/mol. The van der Waals surface area contributed by atoms with E-state index in [2.05, 4.69) is 43.5 Å². The van der Waals surface area contributed by atoms with Gasteiger partial charge in [-0.25, -0.2) is 0 Å². The summed E-state index contributed by atoms with van der Waals surface area (Å²) in [5, 5.41) is 6.41. The molecule has 1 aliphatic rings. The Bertz CT molecular complexity index is 432. The normalized spacial score (nSPS) is 16.8. The Labute approximate surface area is 122 Å². The average molecular weight is 274 g/mol. The van der Waals surface area contributed by atoms with Crippen LogP contribution in [0.2, 0.25) is 0 Å². The maximum absolute atomic E-state index is 12.1. The van der Waals surface area contributed by atoms with Crippen LogP contribution in [0.3, 0.4) is 0 Å². The molecule has 1 saturated carbocycles. The number of carbonyl (C=O) groups is 1. The zero-order valence-corrected chi connectivity index (χ0v) is 12.8. The Kier molecular flexibility index (Phi) is 4.81. The van der Waals surface area contributed by atoms with Gasteiger partial charge in [-0.05, 0) is 36.3 Å². The summed E-state index contributed by atoms with van der Waals surface area (Å²) < 4.78 is 0. The topological polar surface area (TPSA) is 41.1 Å². The van der Waals surface area contributed by atoms with Gasteiger partial charge in [-0.1, -0.05) is 51.1 Å². The van der Waals surface area contributed by atoms with Gasteiger partial charge in [0.1, 0.15) is 0 Å². The third-order valence-electron chi connectivity index (χ3n) is 3.72. The van der Waals surface area contributed by atoms with Crippen LogP contribution in [0.5, 0.6) is 0 Å². The van der Waals surface area contributed by atoms with Gasteiger partial charge in [0.2, 0.25) is 5.91 Å². The Morgan fingerprint density at radius 2 is 1.90 bits per heavy atom. The number of carbonyl (C=O) groups excluding carboxylic acids is 1. The van der Waals surface area contributed by atoms with E-state index >= 15 is 0 Å². The van der Waals surface area contributed by atoms with Crippen molar-refractivity contribution in [2.75, 3.05) is 13.1 Å². The van der Waals surface area contributed by atoms with Crippen molar-refractivity contribution in [3.63, 3.8) is 0 Å². The predicted molar refractivity (Wildman–Crippen MR) is 82.4 cm³/mol. The van der Waals surface area contributed by atoms with Crippen LogP contribution in [-0.4, -0.2) is 19.0 Å². The fraction of sp³-hybridized carbons (Fsp3) is 0.588. The number of amides is 1. The third-order valence-corrected chi connectivity index (χ3v) is 3.72. The van der Waals surface area contributed by atoms with Crippen LogP contribution in [0.4, 0.5) is 0 Å². The van der Waals surface area contributed by atoms with Crippen LogP contribution in [-0.2, 0) is 4.79 Å². The summed E-state index contributed by atoms with van der Waals surface area (Å²) in [5.74, 6) is 0.879. The van der Waals surface area contributed by atoms with Gasteiger partial charge in [0.05, 0.1) is 12.6 Å². The Morgan fingerprint density at radius 3 is 2.45 bits per heavy atom. The number of rotatable bonds is 6. The molecule has 0 spiro atoms. The molecule has 1 aromatic carbocycles. The van der Waals surface area contributed by atoms with Crippen LogP contribution in [0.1, 0.15) is 45.2 Å². The third kappa shape index (κ3) is 4.64. The molecule has 110 valence electrons. The number of hydrogen-bond acceptors (Lipinski definition) is 2. The lowest BCUT2D eigenvalue weighted by Gasteiger charge is -2.32. The van der Waals surface area contributed by atoms with Crippen molar-refractivity contribution in [2.24, 2.45) is 11.3 Å². The first-order chi connectivity index (χ1) is 9.47. The molecule has 1 aromatic rings. The molecular formula is C17H26N2O. The lowest BCUT2D eigenvalue weighted by molar-refractivity contribution is -0.121. The number of nitrogens with one attached hydrogen (secondary N) is 2. The Balaban J connectivity index is 1.91. The minimum Gasteiger partial charge on any atom is -0.348 e. The molecule has 1 amide bonds. The van der Waals surface area contributed by atoms with Gasteiger partial charge in [-0.2, -0.15) is 0 Å². The van der Waals surface area contributed by atoms with E-state index in [4.69, 9.17) is 0 Å². The molecule has 3 heteroatoms. The molecule has 2 rings (SSSR count). The van der Waals surface area contributed by atoms with E-state index in [-0.39, 0.29) is 17.4 Å². The van der Waals surface area contributed by atoms with Crippen LogP contribution in [0.25, 0.3) is 0 Å². The molecule has 2 N–H and O–H groups in total. The highest BCUT2D eigenvalue weighted by Crippen LogP contribution is 2.32. The average Bonchev–Trinajstić information content (AvgIpc) is 3.20. The standard InChI is InChI=1S/C17H26N2O/c1-17(2,3)16(14-7-5-4-6-8-14)19-15(20)12-18-11-13-9-10-13/h4-8,13,16,18H,9-12H2,1-3H3,(H,19,20). The Hall–Kier alpha value is -1.35. The van der Waals surface area contributed by atoms with E-state index in [0.717, 1.165) is 18.0 Å². The van der Waals surface area contributed by atoms with Crippen LogP contribution in [0.15, 0.2) is 30.3 Å². The SMILES string of the molecule is CC(C)(C)C(NC(=O)CNCC1CC1)c1ccccc1. The minimum absolute atomic E-state index is 0.00644. The van der Waals surface area contributed by atoms with Crippen molar-refractivity contribution < 1.29 is 4.79 Å². The molecule has 0 aromatic heterocycles. The first-order valence-electron chi connectivity index (χ1n) is 7.52. The summed E-state index contributed by atoms with van der Waals surface area (Å²) in [6, 6.07) is 10.2. The molecule has 1 aliphatic carbocycles. The van der Waals surface area contributed by atoms with Crippen molar-refractivity contribution >= 4 is 5.91 Å². The zero-order chi connectivity index (χ0) is 14.6. The summed E-state index contributed by atoms with van der Waals surface area (Å²) in [5.41, 5.74) is 1.16. The molecule has 1 fully saturated rings. The second-order valence-corrected chi connectivity index (χ2v) is 6.85. The molecule has 0 bridgehead atoms. The van der Waals surface area contributed by atoms with Crippen molar-refractivity contribution in [1.29, 1.82) is 0 Å². The first kappa shape index (κ1) is 15.0. The van der Waals surface area contributed by atoms with Gasteiger partial charge in [0, 0.05) is 0 Å². The van der Waals surface area contributed by atoms with E-state index in [1.807, 2.05) is 18.2 Å². The fourth-order valence-electron chi connectivity index (χ4n) is 2.37. The molecule has 20 heavy (non-hydrogen) atoms. The molecule has 0 saturated heterocycles. The predicted octanol–water partition coefficient (Wildman–Crippen LogP) is 2.89. The second kappa shape index (κ2) is 6.40. The van der Waals surface area contributed by atoms with E-state index in [1.165, 1.54) is 12.8 Å². The highest BCUT2D eigenvalue weighted by Gasteiger charge is 2.27. The lowest BCUT2D eigenvalue weighted by Crippen LogP contribution is -2.41. The highest BCUT2D eigenvalue weighted by atomic mass is 16.2. The van der Waals surface area contributed by atoms with Gasteiger partial charge in [-0.15, -0.1) is 0 Å². The number of benzene rings is 1. The van der Waals surface area contributed by atoms with Crippen LogP contribution in [0, 0.1) is 11.3 Å². The molecular weight excluding hydrogens is 248 g/mol. The smallest absolute Gasteiger partial charge is 0.234 e. The number of hydrogen-bond donors (Lipinski definition) is 2. The summed E-state index contributed by atoms with van der Waals surface area (Å²) in [6.07, 6.45) is 2.62. The van der Waals surface area contributed by atoms with Crippen LogP contribution < -0.4 is 10.6 Å². The maximum atomic E-state index is 12.1. The van der Waals surface area contributed by atoms with E-state index < -0.39 is 0 Å². The zero-order valence-electron chi connectivity index (χ0n) is 12.8. The summed E-state index contributed by atoms with van der Waals surface area (Å²) in [7, 11) is 0. The van der Waals surface area contributed by atoms with E-state index in [0.29, 0.717) is 6.54 Å². The fourth-order valence-corrected chi connectivity index (χ4v) is 2.37. The molecule has 1 atom stereocenters. The quantitative estimate of drug-likeness (QED) is 0.837. The summed E-state index contributed by atoms with van der Waals surface area (Å²) in [6.45, 7) is 7.85. The van der Waals surface area contributed by atoms with Crippen LogP contribution >= 0.6 is 0 Å². The molecule has 3 nitrogen and oxygen atoms in total. The first-order valence-corrected chi connectivity index (χ1v) is 7.52. The second-order valence-electron chi connectivity index (χ2n) is 6.85. The van der Waals surface area contributed by atoms with Gasteiger partial charge in [0.25, 0.3) is 0 Å². The van der Waals surface area contributed by atoms with Gasteiger partial charge in [-0.3, -0.25) is 4.79 Å². The molecule has 0 heterocycles. The maximum Gasteiger partial charge on any atom is 0.234 e. The van der Waals surface area contributed by atoms with Crippen molar-refractivity contribution in [3.05, 3.63) is 35.9 Å². The van der Waals surface area contributed by atoms with Crippen molar-refractivity contribution in [1.82, 2.24) is 10.6 Å². The minimum atomic E-state index is -0.00644. The van der Waals surface area contributed by atoms with Gasteiger partial charge >= 0.3 is 0 Å². The molecule has 1 unspecified atom stereocenters. The van der Waals surface area contributed by atoms with Crippen molar-refractivity contribution in [3.8, 4) is 0 Å². The summed E-state index contributed by atoms with van der Waals surface area (Å²) in [4.78, 5) is 12.1. The highest BCUT2D eigenvalue weighted by molar-refractivity contribution is 5.78. The van der Waals surface area contributed by atoms with Gasteiger partial charge < -0.3 is 10.6 Å². The van der Waals surface area contributed by atoms with E-state index in [9.17, 15) is 4.79 Å².